The summed E-state index contributed by atoms with van der Waals surface area (Å²) in [6.45, 7) is 0. The molecule has 3 rings (SSSR count). The normalized spacial score (nSPS) is 12.0. The largest absolute Gasteiger partial charge is 0.240 e. The molecule has 3 aromatic rings. The van der Waals surface area contributed by atoms with Crippen molar-refractivity contribution < 1.29 is 8.42 Å². The molecule has 1 heterocycles. The van der Waals surface area contributed by atoms with Gasteiger partial charge in [-0.15, -0.1) is 0 Å². The summed E-state index contributed by atoms with van der Waals surface area (Å²) in [6, 6.07) is 14.4. The van der Waals surface area contributed by atoms with Crippen molar-refractivity contribution in [1.29, 1.82) is 5.26 Å². The lowest BCUT2D eigenvalue weighted by atomic mass is 10.3. The van der Waals surface area contributed by atoms with Crippen molar-refractivity contribution in [3.63, 3.8) is 0 Å². The number of aromatic nitrogens is 2. The van der Waals surface area contributed by atoms with Crippen molar-refractivity contribution in [2.75, 3.05) is 0 Å². The Labute approximate surface area is 160 Å². The van der Waals surface area contributed by atoms with Crippen LogP contribution in [-0.4, -0.2) is 18.2 Å². The molecule has 5 nitrogen and oxygen atoms in total. The minimum atomic E-state index is -3.94. The fraction of sp³-hybridized carbons (Fsp3) is 0. The minimum absolute atomic E-state index is 0.000192. The van der Waals surface area contributed by atoms with Gasteiger partial charge < -0.3 is 0 Å². The van der Waals surface area contributed by atoms with Crippen LogP contribution in [0, 0.1) is 11.3 Å². The van der Waals surface area contributed by atoms with Gasteiger partial charge in [0.2, 0.25) is 9.84 Å². The van der Waals surface area contributed by atoms with Gasteiger partial charge in [-0.05, 0) is 54.6 Å². The molecule has 0 N–H and O–H groups in total. The van der Waals surface area contributed by atoms with Crippen LogP contribution < -0.4 is 0 Å². The Kier molecular flexibility index (Phi) is 5.14. The Morgan fingerprint density at radius 1 is 1.04 bits per heavy atom. The highest BCUT2D eigenvalue weighted by Crippen LogP contribution is 2.23. The second-order valence-electron chi connectivity index (χ2n) is 5.27. The van der Waals surface area contributed by atoms with Crippen LogP contribution in [0.3, 0.4) is 0 Å². The van der Waals surface area contributed by atoms with Gasteiger partial charge in [-0.1, -0.05) is 23.2 Å². The van der Waals surface area contributed by atoms with Crippen LogP contribution in [0.4, 0.5) is 0 Å². The molecule has 0 spiro atoms. The molecule has 0 atom stereocenters. The van der Waals surface area contributed by atoms with E-state index < -0.39 is 9.84 Å². The molecule has 0 saturated heterocycles. The van der Waals surface area contributed by atoms with Crippen LogP contribution in [-0.2, 0) is 9.84 Å². The summed E-state index contributed by atoms with van der Waals surface area (Å²) >= 11 is 11.6. The molecule has 8 heteroatoms. The van der Waals surface area contributed by atoms with Crippen molar-refractivity contribution in [1.82, 2.24) is 9.78 Å². The number of nitrogens with zero attached hydrogens (tertiary/aromatic N) is 3. The molecular formula is C18H11Cl2N3O2S. The predicted molar refractivity (Wildman–Crippen MR) is 101 cm³/mol. The molecule has 1 aromatic heterocycles. The average Bonchev–Trinajstić information content (AvgIpc) is 3.09. The number of rotatable bonds is 4. The lowest BCUT2D eigenvalue weighted by Crippen LogP contribution is -2.03. The summed E-state index contributed by atoms with van der Waals surface area (Å²) in [5, 5.41) is 14.5. The van der Waals surface area contributed by atoms with Crippen LogP contribution in [0.25, 0.3) is 11.8 Å². The highest BCUT2D eigenvalue weighted by atomic mass is 35.5. The summed E-state index contributed by atoms with van der Waals surface area (Å²) < 4.78 is 26.8. The first-order chi connectivity index (χ1) is 12.4. The molecule has 0 aliphatic carbocycles. The molecule has 0 aliphatic heterocycles. The zero-order valence-electron chi connectivity index (χ0n) is 13.2. The van der Waals surface area contributed by atoms with Gasteiger partial charge in [0, 0.05) is 21.8 Å². The fourth-order valence-electron chi connectivity index (χ4n) is 2.21. The number of hydrogen-bond acceptors (Lipinski definition) is 4. The van der Waals surface area contributed by atoms with Crippen molar-refractivity contribution >= 4 is 39.1 Å². The molecule has 0 saturated carbocycles. The second kappa shape index (κ2) is 7.34. The molecule has 0 aliphatic rings. The van der Waals surface area contributed by atoms with Crippen LogP contribution in [0.15, 0.2) is 70.7 Å². The third-order valence-corrected chi connectivity index (χ3v) is 5.70. The number of hydrogen-bond donors (Lipinski definition) is 0. The third-order valence-electron chi connectivity index (χ3n) is 3.52. The van der Waals surface area contributed by atoms with E-state index in [0.29, 0.717) is 15.6 Å². The van der Waals surface area contributed by atoms with Gasteiger partial charge in [-0.3, -0.25) is 0 Å². The molecular weight excluding hydrogens is 393 g/mol. The molecule has 130 valence electrons. The first kappa shape index (κ1) is 18.2. The van der Waals surface area contributed by atoms with E-state index in [2.05, 4.69) is 5.10 Å². The van der Waals surface area contributed by atoms with Crippen molar-refractivity contribution in [2.24, 2.45) is 0 Å². The maximum absolute atomic E-state index is 12.6. The number of halogens is 2. The van der Waals surface area contributed by atoms with Gasteiger partial charge in [0.05, 0.1) is 16.8 Å². The molecule has 2 aromatic carbocycles. The minimum Gasteiger partial charge on any atom is -0.240 e. The Balaban J connectivity index is 1.96. The Hall–Kier alpha value is -2.59. The quantitative estimate of drug-likeness (QED) is 0.600. The van der Waals surface area contributed by atoms with Crippen LogP contribution in [0.5, 0.6) is 0 Å². The SMILES string of the molecule is N#C/C(=C\c1cnn(-c2ccc(Cl)cc2)c1)S(=O)(=O)c1ccc(Cl)cc1. The van der Waals surface area contributed by atoms with Gasteiger partial charge in [0.25, 0.3) is 0 Å². The number of benzene rings is 2. The van der Waals surface area contributed by atoms with E-state index in [9.17, 15) is 13.7 Å². The smallest absolute Gasteiger partial charge is 0.216 e. The molecule has 0 unspecified atom stereocenters. The summed E-state index contributed by atoms with van der Waals surface area (Å²) in [6.07, 6.45) is 4.38. The standard InChI is InChI=1S/C18H11Cl2N3O2S/c19-14-1-5-16(6-2-14)23-12-13(11-22-23)9-18(10-21)26(24,25)17-7-3-15(20)4-8-17/h1-9,11-12H/b18-9+. The summed E-state index contributed by atoms with van der Waals surface area (Å²) in [4.78, 5) is -0.379. The highest BCUT2D eigenvalue weighted by Gasteiger charge is 2.21. The molecule has 0 bridgehead atoms. The van der Waals surface area contributed by atoms with Crippen LogP contribution in [0.1, 0.15) is 5.56 Å². The van der Waals surface area contributed by atoms with E-state index in [1.54, 1.807) is 41.2 Å². The number of allylic oxidation sites excluding steroid dienone is 1. The van der Waals surface area contributed by atoms with E-state index in [0.717, 1.165) is 5.69 Å². The van der Waals surface area contributed by atoms with E-state index in [1.165, 1.54) is 36.5 Å². The number of sulfone groups is 1. The monoisotopic (exact) mass is 403 g/mol. The van der Waals surface area contributed by atoms with Crippen molar-refractivity contribution in [2.45, 2.75) is 4.90 Å². The predicted octanol–water partition coefficient (Wildman–Crippen LogP) is 4.52. The summed E-state index contributed by atoms with van der Waals surface area (Å²) in [5.74, 6) is 0. The molecule has 26 heavy (non-hydrogen) atoms. The Morgan fingerprint density at radius 2 is 1.62 bits per heavy atom. The van der Waals surface area contributed by atoms with E-state index in [1.807, 2.05) is 0 Å². The zero-order chi connectivity index (χ0) is 18.7. The van der Waals surface area contributed by atoms with E-state index >= 15 is 0 Å². The van der Waals surface area contributed by atoms with Gasteiger partial charge in [-0.2, -0.15) is 10.4 Å². The molecule has 0 radical (unpaired) electrons. The van der Waals surface area contributed by atoms with E-state index in [4.69, 9.17) is 23.2 Å². The van der Waals surface area contributed by atoms with E-state index in [-0.39, 0.29) is 9.80 Å². The first-order valence-corrected chi connectivity index (χ1v) is 9.57. The Morgan fingerprint density at radius 3 is 2.19 bits per heavy atom. The maximum atomic E-state index is 12.6. The topological polar surface area (TPSA) is 75.8 Å². The first-order valence-electron chi connectivity index (χ1n) is 7.33. The van der Waals surface area contributed by atoms with Crippen molar-refractivity contribution in [3.05, 3.63) is 81.4 Å². The van der Waals surface area contributed by atoms with Gasteiger partial charge >= 0.3 is 0 Å². The van der Waals surface area contributed by atoms with Gasteiger partial charge in [-0.25, -0.2) is 13.1 Å². The van der Waals surface area contributed by atoms with Crippen LogP contribution in [0.2, 0.25) is 10.0 Å². The van der Waals surface area contributed by atoms with Crippen LogP contribution >= 0.6 is 23.2 Å². The lowest BCUT2D eigenvalue weighted by Gasteiger charge is -2.02. The summed E-state index contributed by atoms with van der Waals surface area (Å²) in [7, 11) is -3.94. The number of nitriles is 1. The maximum Gasteiger partial charge on any atom is 0.216 e. The molecule has 0 amide bonds. The second-order valence-corrected chi connectivity index (χ2v) is 8.06. The molecule has 0 fully saturated rings. The lowest BCUT2D eigenvalue weighted by molar-refractivity contribution is 0.603. The highest BCUT2D eigenvalue weighted by molar-refractivity contribution is 7.95. The van der Waals surface area contributed by atoms with Crippen molar-refractivity contribution in [3.8, 4) is 11.8 Å². The van der Waals surface area contributed by atoms with Gasteiger partial charge in [0.15, 0.2) is 0 Å². The fourth-order valence-corrected chi connectivity index (χ4v) is 3.62. The zero-order valence-corrected chi connectivity index (χ0v) is 15.5. The average molecular weight is 404 g/mol. The summed E-state index contributed by atoms with van der Waals surface area (Å²) in [5.41, 5.74) is 1.24. The third kappa shape index (κ3) is 3.81. The Bertz CT molecular complexity index is 1110. The van der Waals surface area contributed by atoms with Gasteiger partial charge in [0.1, 0.15) is 11.0 Å².